The van der Waals surface area contributed by atoms with E-state index in [-0.39, 0.29) is 11.9 Å². The van der Waals surface area contributed by atoms with Gasteiger partial charge in [-0.3, -0.25) is 4.79 Å². The number of aromatic nitrogens is 3. The standard InChI is InChI=1S/C19H27N5O/c1-14-20-15(2)24(21-14)18-9-6-10-23(13-18)19(25)17-8-5-7-16(11-17)12-22(3)4/h5,7-8,11,18H,6,9-10,12-13H2,1-4H3/t18-/m1/s1. The van der Waals surface area contributed by atoms with E-state index < -0.39 is 0 Å². The second-order valence-corrected chi connectivity index (χ2v) is 7.14. The van der Waals surface area contributed by atoms with Gasteiger partial charge in [0.2, 0.25) is 0 Å². The van der Waals surface area contributed by atoms with Crippen LogP contribution in [0, 0.1) is 13.8 Å². The molecule has 134 valence electrons. The summed E-state index contributed by atoms with van der Waals surface area (Å²) in [6, 6.07) is 8.17. The molecule has 0 bridgehead atoms. The first-order valence-electron chi connectivity index (χ1n) is 8.86. The summed E-state index contributed by atoms with van der Waals surface area (Å²) in [7, 11) is 4.07. The number of carbonyl (C=O) groups is 1. The summed E-state index contributed by atoms with van der Waals surface area (Å²) in [5.41, 5.74) is 1.93. The van der Waals surface area contributed by atoms with E-state index in [0.717, 1.165) is 48.7 Å². The number of hydrogen-bond acceptors (Lipinski definition) is 4. The van der Waals surface area contributed by atoms with Crippen LogP contribution in [0.15, 0.2) is 24.3 Å². The van der Waals surface area contributed by atoms with Crippen molar-refractivity contribution in [3.63, 3.8) is 0 Å². The van der Waals surface area contributed by atoms with Gasteiger partial charge >= 0.3 is 0 Å². The predicted octanol–water partition coefficient (Wildman–Crippen LogP) is 2.43. The first-order valence-corrected chi connectivity index (χ1v) is 8.86. The van der Waals surface area contributed by atoms with E-state index in [2.05, 4.69) is 21.0 Å². The van der Waals surface area contributed by atoms with Crippen molar-refractivity contribution in [1.82, 2.24) is 24.6 Å². The summed E-state index contributed by atoms with van der Waals surface area (Å²) in [4.78, 5) is 21.4. The smallest absolute Gasteiger partial charge is 0.253 e. The van der Waals surface area contributed by atoms with Crippen LogP contribution < -0.4 is 0 Å². The molecule has 1 fully saturated rings. The topological polar surface area (TPSA) is 54.3 Å². The van der Waals surface area contributed by atoms with Crippen LogP contribution in [-0.2, 0) is 6.54 Å². The van der Waals surface area contributed by atoms with Crippen LogP contribution in [0.25, 0.3) is 0 Å². The molecule has 6 nitrogen and oxygen atoms in total. The van der Waals surface area contributed by atoms with Gasteiger partial charge in [0.05, 0.1) is 6.04 Å². The van der Waals surface area contributed by atoms with E-state index in [1.54, 1.807) is 0 Å². The van der Waals surface area contributed by atoms with Crippen molar-refractivity contribution in [1.29, 1.82) is 0 Å². The van der Waals surface area contributed by atoms with Crippen molar-refractivity contribution in [3.8, 4) is 0 Å². The Bertz CT molecular complexity index is 752. The average Bonchev–Trinajstić information content (AvgIpc) is 2.92. The molecule has 1 saturated heterocycles. The highest BCUT2D eigenvalue weighted by Gasteiger charge is 2.27. The second kappa shape index (κ2) is 7.35. The molecule has 0 aliphatic carbocycles. The molecule has 1 aliphatic rings. The number of likely N-dealkylation sites (tertiary alicyclic amines) is 1. The number of benzene rings is 1. The Kier molecular flexibility index (Phi) is 5.18. The molecule has 0 N–H and O–H groups in total. The molecular weight excluding hydrogens is 314 g/mol. The van der Waals surface area contributed by atoms with Crippen LogP contribution in [-0.4, -0.2) is 57.7 Å². The summed E-state index contributed by atoms with van der Waals surface area (Å²) in [5, 5.41) is 4.51. The van der Waals surface area contributed by atoms with E-state index >= 15 is 0 Å². The number of amides is 1. The zero-order valence-electron chi connectivity index (χ0n) is 15.6. The van der Waals surface area contributed by atoms with Gasteiger partial charge in [0, 0.05) is 25.2 Å². The molecule has 0 radical (unpaired) electrons. The monoisotopic (exact) mass is 341 g/mol. The Hall–Kier alpha value is -2.21. The van der Waals surface area contributed by atoms with E-state index in [9.17, 15) is 4.79 Å². The molecular formula is C19H27N5O. The van der Waals surface area contributed by atoms with E-state index in [4.69, 9.17) is 0 Å². The summed E-state index contributed by atoms with van der Waals surface area (Å²) in [5.74, 6) is 1.82. The van der Waals surface area contributed by atoms with Crippen LogP contribution in [0.2, 0.25) is 0 Å². The molecule has 1 amide bonds. The van der Waals surface area contributed by atoms with Gasteiger partial charge < -0.3 is 9.80 Å². The van der Waals surface area contributed by atoms with Crippen LogP contribution in [0.5, 0.6) is 0 Å². The number of piperidine rings is 1. The molecule has 1 aromatic carbocycles. The predicted molar refractivity (Wildman–Crippen MR) is 97.5 cm³/mol. The number of aryl methyl sites for hydroxylation is 2. The SMILES string of the molecule is Cc1nc(C)n([C@@H]2CCCN(C(=O)c3cccc(CN(C)C)c3)C2)n1. The number of carbonyl (C=O) groups excluding carboxylic acids is 1. The van der Waals surface area contributed by atoms with Crippen LogP contribution >= 0.6 is 0 Å². The maximum Gasteiger partial charge on any atom is 0.253 e. The molecule has 0 unspecified atom stereocenters. The van der Waals surface area contributed by atoms with E-state index in [0.29, 0.717) is 6.54 Å². The number of rotatable bonds is 4. The maximum absolute atomic E-state index is 13.0. The van der Waals surface area contributed by atoms with Gasteiger partial charge in [-0.15, -0.1) is 0 Å². The minimum absolute atomic E-state index is 0.111. The van der Waals surface area contributed by atoms with Gasteiger partial charge in [0.25, 0.3) is 5.91 Å². The van der Waals surface area contributed by atoms with Crippen molar-refractivity contribution in [3.05, 3.63) is 47.0 Å². The molecule has 0 saturated carbocycles. The van der Waals surface area contributed by atoms with Crippen LogP contribution in [0.4, 0.5) is 0 Å². The largest absolute Gasteiger partial charge is 0.337 e. The number of nitrogens with zero attached hydrogens (tertiary/aromatic N) is 5. The third kappa shape index (κ3) is 4.07. The molecule has 25 heavy (non-hydrogen) atoms. The lowest BCUT2D eigenvalue weighted by atomic mass is 10.0. The van der Waals surface area contributed by atoms with Crippen molar-refractivity contribution >= 4 is 5.91 Å². The van der Waals surface area contributed by atoms with E-state index in [1.165, 1.54) is 0 Å². The fourth-order valence-corrected chi connectivity index (χ4v) is 3.57. The Morgan fingerprint density at radius 2 is 2.12 bits per heavy atom. The highest BCUT2D eigenvalue weighted by molar-refractivity contribution is 5.94. The normalized spacial score (nSPS) is 18.0. The van der Waals surface area contributed by atoms with E-state index in [1.807, 2.05) is 55.7 Å². The second-order valence-electron chi connectivity index (χ2n) is 7.14. The minimum Gasteiger partial charge on any atom is -0.337 e. The molecule has 6 heteroatoms. The summed E-state index contributed by atoms with van der Waals surface area (Å²) >= 11 is 0. The van der Waals surface area contributed by atoms with Gasteiger partial charge in [0.1, 0.15) is 11.6 Å². The molecule has 1 atom stereocenters. The molecule has 0 spiro atoms. The molecule has 2 aromatic rings. The Balaban J connectivity index is 1.75. The molecule has 1 aliphatic heterocycles. The average molecular weight is 341 g/mol. The third-order valence-corrected chi connectivity index (χ3v) is 4.61. The lowest BCUT2D eigenvalue weighted by Gasteiger charge is -2.33. The third-order valence-electron chi connectivity index (χ3n) is 4.61. The van der Waals surface area contributed by atoms with Gasteiger partial charge in [-0.2, -0.15) is 5.10 Å². The maximum atomic E-state index is 13.0. The summed E-state index contributed by atoms with van der Waals surface area (Å²) < 4.78 is 1.98. The lowest BCUT2D eigenvalue weighted by molar-refractivity contribution is 0.0671. The lowest BCUT2D eigenvalue weighted by Crippen LogP contribution is -2.41. The highest BCUT2D eigenvalue weighted by Crippen LogP contribution is 2.23. The van der Waals surface area contributed by atoms with Crippen molar-refractivity contribution in [2.24, 2.45) is 0 Å². The van der Waals surface area contributed by atoms with Gasteiger partial charge in [-0.1, -0.05) is 12.1 Å². The summed E-state index contributed by atoms with van der Waals surface area (Å²) in [6.07, 6.45) is 2.03. The molecule has 1 aromatic heterocycles. The van der Waals surface area contributed by atoms with Gasteiger partial charge in [0.15, 0.2) is 0 Å². The minimum atomic E-state index is 0.111. The Morgan fingerprint density at radius 1 is 1.32 bits per heavy atom. The van der Waals surface area contributed by atoms with Crippen molar-refractivity contribution < 1.29 is 4.79 Å². The quantitative estimate of drug-likeness (QED) is 0.857. The Labute approximate surface area is 149 Å². The van der Waals surface area contributed by atoms with Crippen LogP contribution in [0.1, 0.15) is 46.5 Å². The van der Waals surface area contributed by atoms with Crippen LogP contribution in [0.3, 0.4) is 0 Å². The fourth-order valence-electron chi connectivity index (χ4n) is 3.57. The molecule has 2 heterocycles. The number of hydrogen-bond donors (Lipinski definition) is 0. The highest BCUT2D eigenvalue weighted by atomic mass is 16.2. The molecule has 3 rings (SSSR count). The first-order chi connectivity index (χ1) is 11.9. The first kappa shape index (κ1) is 17.6. The Morgan fingerprint density at radius 3 is 2.80 bits per heavy atom. The zero-order valence-corrected chi connectivity index (χ0v) is 15.6. The summed E-state index contributed by atoms with van der Waals surface area (Å²) in [6.45, 7) is 6.22. The van der Waals surface area contributed by atoms with Crippen molar-refractivity contribution in [2.45, 2.75) is 39.3 Å². The fraction of sp³-hybridized carbons (Fsp3) is 0.526. The van der Waals surface area contributed by atoms with Gasteiger partial charge in [-0.25, -0.2) is 9.67 Å². The van der Waals surface area contributed by atoms with Crippen molar-refractivity contribution in [2.75, 3.05) is 27.2 Å². The zero-order chi connectivity index (χ0) is 18.0. The van der Waals surface area contributed by atoms with Gasteiger partial charge in [-0.05, 0) is 58.5 Å².